The summed E-state index contributed by atoms with van der Waals surface area (Å²) in [5.74, 6) is -1.05. The van der Waals surface area contributed by atoms with Crippen molar-refractivity contribution in [1.82, 2.24) is 4.57 Å². The van der Waals surface area contributed by atoms with Gasteiger partial charge in [-0.25, -0.2) is 4.79 Å². The predicted molar refractivity (Wildman–Crippen MR) is 67.5 cm³/mol. The predicted octanol–water partition coefficient (Wildman–Crippen LogP) is 3.79. The van der Waals surface area contributed by atoms with E-state index in [1.54, 1.807) is 12.1 Å². The topological polar surface area (TPSA) is 42.2 Å². The molecule has 0 radical (unpaired) electrons. The van der Waals surface area contributed by atoms with Crippen molar-refractivity contribution < 1.29 is 9.90 Å². The molecule has 1 aromatic carbocycles. The van der Waals surface area contributed by atoms with E-state index in [-0.39, 0.29) is 5.69 Å². The molecule has 1 heterocycles. The first-order chi connectivity index (χ1) is 7.99. The number of rotatable bonds is 2. The van der Waals surface area contributed by atoms with Crippen molar-refractivity contribution in [2.75, 3.05) is 0 Å². The second kappa shape index (κ2) is 4.43. The quantitative estimate of drug-likeness (QED) is 0.902. The summed E-state index contributed by atoms with van der Waals surface area (Å²) >= 11 is 11.9. The minimum atomic E-state index is -1.05. The summed E-state index contributed by atoms with van der Waals surface area (Å²) in [4.78, 5) is 11.1. The molecule has 3 nitrogen and oxygen atoms in total. The number of hydrogen-bond acceptors (Lipinski definition) is 1. The van der Waals surface area contributed by atoms with E-state index in [0.717, 1.165) is 5.56 Å². The highest BCUT2D eigenvalue weighted by Gasteiger charge is 2.14. The summed E-state index contributed by atoms with van der Waals surface area (Å²) in [6, 6.07) is 6.79. The van der Waals surface area contributed by atoms with Crippen LogP contribution in [-0.4, -0.2) is 15.6 Å². The van der Waals surface area contributed by atoms with Gasteiger partial charge in [0.25, 0.3) is 0 Å². The van der Waals surface area contributed by atoms with Gasteiger partial charge in [0.15, 0.2) is 0 Å². The molecule has 1 N–H and O–H groups in total. The van der Waals surface area contributed by atoms with E-state index in [1.165, 1.54) is 16.8 Å². The third kappa shape index (κ3) is 2.30. The molecule has 0 unspecified atom stereocenters. The first-order valence-corrected chi connectivity index (χ1v) is 5.62. The number of carboxylic acids is 1. The van der Waals surface area contributed by atoms with Crippen molar-refractivity contribution in [3.8, 4) is 5.69 Å². The fraction of sp³-hybridized carbons (Fsp3) is 0.0833. The maximum absolute atomic E-state index is 11.1. The molecule has 88 valence electrons. The molecule has 0 bridgehead atoms. The first kappa shape index (κ1) is 12.0. The Labute approximate surface area is 108 Å². The lowest BCUT2D eigenvalue weighted by atomic mass is 10.2. The Morgan fingerprint density at radius 2 is 2.00 bits per heavy atom. The van der Waals surface area contributed by atoms with Crippen molar-refractivity contribution >= 4 is 29.2 Å². The number of carbonyl (C=O) groups is 1. The van der Waals surface area contributed by atoms with Crippen LogP contribution in [0.4, 0.5) is 0 Å². The van der Waals surface area contributed by atoms with Crippen LogP contribution in [0.1, 0.15) is 16.1 Å². The first-order valence-electron chi connectivity index (χ1n) is 4.87. The van der Waals surface area contributed by atoms with Gasteiger partial charge in [0, 0.05) is 6.20 Å². The molecule has 0 spiro atoms. The van der Waals surface area contributed by atoms with Crippen LogP contribution in [0.5, 0.6) is 0 Å². The highest BCUT2D eigenvalue weighted by atomic mass is 35.5. The third-order valence-corrected chi connectivity index (χ3v) is 2.88. The molecule has 1 aromatic heterocycles. The van der Waals surface area contributed by atoms with Gasteiger partial charge >= 0.3 is 5.97 Å². The maximum Gasteiger partial charge on any atom is 0.352 e. The zero-order chi connectivity index (χ0) is 12.6. The molecule has 5 heteroatoms. The monoisotopic (exact) mass is 269 g/mol. The van der Waals surface area contributed by atoms with E-state index in [1.807, 2.05) is 13.0 Å². The number of aromatic carboxylic acids is 1. The van der Waals surface area contributed by atoms with Gasteiger partial charge in [-0.1, -0.05) is 29.3 Å². The molecule has 2 rings (SSSR count). The van der Waals surface area contributed by atoms with Crippen LogP contribution >= 0.6 is 23.2 Å². The SMILES string of the molecule is Cc1ccc(-n2cc(Cl)cc2C(=O)O)c(Cl)c1. The van der Waals surface area contributed by atoms with E-state index in [4.69, 9.17) is 28.3 Å². The van der Waals surface area contributed by atoms with Crippen LogP contribution in [-0.2, 0) is 0 Å². The molecule has 0 atom stereocenters. The van der Waals surface area contributed by atoms with Crippen molar-refractivity contribution in [1.29, 1.82) is 0 Å². The molecule has 0 fully saturated rings. The zero-order valence-electron chi connectivity index (χ0n) is 8.95. The van der Waals surface area contributed by atoms with Gasteiger partial charge in [-0.05, 0) is 30.7 Å². The standard InChI is InChI=1S/C12H9Cl2NO2/c1-7-2-3-10(9(14)4-7)15-6-8(13)5-11(15)12(16)17/h2-6H,1H3,(H,16,17). The summed E-state index contributed by atoms with van der Waals surface area (Å²) in [5.41, 5.74) is 1.69. The Balaban J connectivity index is 2.63. The highest BCUT2D eigenvalue weighted by Crippen LogP contribution is 2.26. The van der Waals surface area contributed by atoms with Crippen LogP contribution in [0.3, 0.4) is 0 Å². The number of aryl methyl sites for hydroxylation is 1. The maximum atomic E-state index is 11.1. The highest BCUT2D eigenvalue weighted by molar-refractivity contribution is 6.33. The Morgan fingerprint density at radius 3 is 2.59 bits per heavy atom. The third-order valence-electron chi connectivity index (χ3n) is 2.37. The van der Waals surface area contributed by atoms with Gasteiger partial charge in [0.05, 0.1) is 15.7 Å². The number of aromatic nitrogens is 1. The molecule has 17 heavy (non-hydrogen) atoms. The molecule has 0 saturated carbocycles. The summed E-state index contributed by atoms with van der Waals surface area (Å²) in [6.07, 6.45) is 1.53. The average Bonchev–Trinajstić information content (AvgIpc) is 2.60. The summed E-state index contributed by atoms with van der Waals surface area (Å²) in [5, 5.41) is 9.91. The number of halogens is 2. The van der Waals surface area contributed by atoms with E-state index in [9.17, 15) is 4.79 Å². The van der Waals surface area contributed by atoms with Gasteiger partial charge in [0.2, 0.25) is 0 Å². The fourth-order valence-corrected chi connectivity index (χ4v) is 2.13. The number of hydrogen-bond donors (Lipinski definition) is 1. The largest absolute Gasteiger partial charge is 0.477 e. The van der Waals surface area contributed by atoms with Crippen molar-refractivity contribution in [2.45, 2.75) is 6.92 Å². The van der Waals surface area contributed by atoms with E-state index in [2.05, 4.69) is 0 Å². The Hall–Kier alpha value is -1.45. The number of carboxylic acid groups (broad SMARTS) is 1. The Morgan fingerprint density at radius 1 is 1.29 bits per heavy atom. The molecule has 0 aliphatic carbocycles. The van der Waals surface area contributed by atoms with E-state index in [0.29, 0.717) is 15.7 Å². The van der Waals surface area contributed by atoms with Crippen LogP contribution < -0.4 is 0 Å². The fourth-order valence-electron chi connectivity index (χ4n) is 1.60. The smallest absolute Gasteiger partial charge is 0.352 e. The lowest BCUT2D eigenvalue weighted by molar-refractivity contribution is 0.0688. The molecule has 2 aromatic rings. The van der Waals surface area contributed by atoms with Gasteiger partial charge < -0.3 is 9.67 Å². The molecular formula is C12H9Cl2NO2. The molecule has 0 aliphatic rings. The number of nitrogens with zero attached hydrogens (tertiary/aromatic N) is 1. The average molecular weight is 270 g/mol. The van der Waals surface area contributed by atoms with Crippen LogP contribution in [0.15, 0.2) is 30.5 Å². The van der Waals surface area contributed by atoms with Crippen LogP contribution in [0, 0.1) is 6.92 Å². The second-order valence-electron chi connectivity index (χ2n) is 3.67. The second-order valence-corrected chi connectivity index (χ2v) is 4.52. The molecule has 0 saturated heterocycles. The molecule has 0 aliphatic heterocycles. The van der Waals surface area contributed by atoms with E-state index >= 15 is 0 Å². The Bertz CT molecular complexity index is 590. The van der Waals surface area contributed by atoms with Crippen molar-refractivity contribution in [3.63, 3.8) is 0 Å². The van der Waals surface area contributed by atoms with Crippen LogP contribution in [0.25, 0.3) is 5.69 Å². The summed E-state index contributed by atoms with van der Waals surface area (Å²) in [7, 11) is 0. The van der Waals surface area contributed by atoms with Gasteiger partial charge in [-0.3, -0.25) is 0 Å². The van der Waals surface area contributed by atoms with Crippen molar-refractivity contribution in [3.05, 3.63) is 51.8 Å². The van der Waals surface area contributed by atoms with Crippen molar-refractivity contribution in [2.24, 2.45) is 0 Å². The van der Waals surface area contributed by atoms with Gasteiger partial charge in [-0.2, -0.15) is 0 Å². The molecule has 0 amide bonds. The van der Waals surface area contributed by atoms with Gasteiger partial charge in [-0.15, -0.1) is 0 Å². The Kier molecular flexibility index (Phi) is 3.13. The van der Waals surface area contributed by atoms with Crippen LogP contribution in [0.2, 0.25) is 10.0 Å². The minimum absolute atomic E-state index is 0.0840. The lowest BCUT2D eigenvalue weighted by Gasteiger charge is -2.08. The molecular weight excluding hydrogens is 261 g/mol. The minimum Gasteiger partial charge on any atom is -0.477 e. The van der Waals surface area contributed by atoms with Gasteiger partial charge in [0.1, 0.15) is 5.69 Å². The normalized spacial score (nSPS) is 10.5. The zero-order valence-corrected chi connectivity index (χ0v) is 10.5. The van der Waals surface area contributed by atoms with E-state index < -0.39 is 5.97 Å². The number of benzene rings is 1. The summed E-state index contributed by atoms with van der Waals surface area (Å²) in [6.45, 7) is 1.91. The lowest BCUT2D eigenvalue weighted by Crippen LogP contribution is -2.06. The summed E-state index contributed by atoms with van der Waals surface area (Å²) < 4.78 is 1.46.